The maximum Gasteiger partial charge on any atom is 0.327 e. The Morgan fingerprint density at radius 1 is 0.700 bits per heavy atom. The molecule has 2 N–H and O–H groups in total. The molecule has 2 heterocycles. The Balaban J connectivity index is 1.49. The van der Waals surface area contributed by atoms with E-state index in [1.54, 1.807) is 24.3 Å². The number of rotatable bonds is 8. The van der Waals surface area contributed by atoms with Crippen molar-refractivity contribution in [1.29, 1.82) is 0 Å². The van der Waals surface area contributed by atoms with Crippen LogP contribution in [0.4, 0.5) is 0 Å². The first-order chi connectivity index (χ1) is 14.5. The van der Waals surface area contributed by atoms with Gasteiger partial charge >= 0.3 is 11.9 Å². The summed E-state index contributed by atoms with van der Waals surface area (Å²) in [6.07, 6.45) is 6.04. The Bertz CT molecular complexity index is 916. The molecule has 0 aliphatic carbocycles. The largest absolute Gasteiger partial charge is 0.478 e. The molecule has 4 rings (SSSR count). The zero-order chi connectivity index (χ0) is 21.1. The first-order valence-electron chi connectivity index (χ1n) is 9.17. The summed E-state index contributed by atoms with van der Waals surface area (Å²) in [7, 11) is 0. The van der Waals surface area contributed by atoms with E-state index in [0.717, 1.165) is 12.2 Å². The zero-order valence-electron chi connectivity index (χ0n) is 15.7. The number of hydrogen-bond donors (Lipinski definition) is 2. The van der Waals surface area contributed by atoms with Crippen LogP contribution in [0.2, 0.25) is 0 Å². The topological polar surface area (TPSA) is 118 Å². The Morgan fingerprint density at radius 3 is 1.33 bits per heavy atom. The number of hydrogen-bond acceptors (Lipinski definition) is 8. The van der Waals surface area contributed by atoms with Crippen molar-refractivity contribution in [3.05, 3.63) is 48.6 Å². The highest BCUT2D eigenvalue weighted by Crippen LogP contribution is 2.48. The number of carboxylic acids is 2. The van der Waals surface area contributed by atoms with Crippen molar-refractivity contribution in [2.45, 2.75) is 12.8 Å². The summed E-state index contributed by atoms with van der Waals surface area (Å²) in [5.41, 5.74) is 0. The lowest BCUT2D eigenvalue weighted by Crippen LogP contribution is -2.36. The molecule has 0 saturated heterocycles. The second-order valence-electron chi connectivity index (χ2n) is 6.41. The van der Waals surface area contributed by atoms with E-state index in [0.29, 0.717) is 59.7 Å². The van der Waals surface area contributed by atoms with Crippen LogP contribution in [0.5, 0.6) is 23.0 Å². The van der Waals surface area contributed by atoms with Gasteiger partial charge in [0.25, 0.3) is 0 Å². The Labute approximate surface area is 170 Å². The smallest absolute Gasteiger partial charge is 0.327 e. The van der Waals surface area contributed by atoms with Crippen LogP contribution in [-0.2, 0) is 9.59 Å². The molecule has 10 heteroatoms. The SMILES string of the molecule is O=C(O)C=CCCN1Oc2ccc3c4c(ccc(c24)O1)ON(CCC=CC(=O)O)O3. The highest BCUT2D eigenvalue weighted by Gasteiger charge is 2.29. The van der Waals surface area contributed by atoms with Gasteiger partial charge in [0, 0.05) is 22.6 Å². The van der Waals surface area contributed by atoms with Gasteiger partial charge in [0.15, 0.2) is 23.0 Å². The van der Waals surface area contributed by atoms with E-state index in [4.69, 9.17) is 29.6 Å². The van der Waals surface area contributed by atoms with E-state index in [-0.39, 0.29) is 0 Å². The molecule has 0 saturated carbocycles. The van der Waals surface area contributed by atoms with Crippen molar-refractivity contribution in [3.63, 3.8) is 0 Å². The van der Waals surface area contributed by atoms with Crippen molar-refractivity contribution < 1.29 is 39.2 Å². The normalized spacial score (nSPS) is 15.6. The third-order valence-electron chi connectivity index (χ3n) is 4.29. The molecule has 156 valence electrons. The van der Waals surface area contributed by atoms with Gasteiger partial charge < -0.3 is 29.6 Å². The third-order valence-corrected chi connectivity index (χ3v) is 4.29. The monoisotopic (exact) mass is 414 g/mol. The zero-order valence-corrected chi connectivity index (χ0v) is 15.7. The molecule has 30 heavy (non-hydrogen) atoms. The molecule has 0 spiro atoms. The molecule has 0 bridgehead atoms. The average Bonchev–Trinajstić information content (AvgIpc) is 2.72. The average molecular weight is 414 g/mol. The molecule has 0 aromatic heterocycles. The van der Waals surface area contributed by atoms with Gasteiger partial charge in [-0.25, -0.2) is 9.59 Å². The summed E-state index contributed by atoms with van der Waals surface area (Å²) in [6.45, 7) is 0.664. The fraction of sp³-hybridized carbons (Fsp3) is 0.200. The molecule has 0 fully saturated rings. The van der Waals surface area contributed by atoms with E-state index < -0.39 is 11.9 Å². The van der Waals surface area contributed by atoms with E-state index in [1.807, 2.05) is 0 Å². The van der Waals surface area contributed by atoms with Crippen LogP contribution in [0.1, 0.15) is 12.8 Å². The van der Waals surface area contributed by atoms with E-state index in [1.165, 1.54) is 22.6 Å². The van der Waals surface area contributed by atoms with Gasteiger partial charge in [-0.2, -0.15) is 0 Å². The van der Waals surface area contributed by atoms with Crippen molar-refractivity contribution in [3.8, 4) is 23.0 Å². The first kappa shape index (κ1) is 19.6. The molecular formula is C20H18N2O8. The maximum absolute atomic E-state index is 10.5. The molecule has 0 atom stereocenters. The van der Waals surface area contributed by atoms with Crippen molar-refractivity contribution in [2.75, 3.05) is 13.1 Å². The predicted molar refractivity (Wildman–Crippen MR) is 103 cm³/mol. The lowest BCUT2D eigenvalue weighted by atomic mass is 10.1. The van der Waals surface area contributed by atoms with Crippen LogP contribution < -0.4 is 19.4 Å². The van der Waals surface area contributed by atoms with Crippen molar-refractivity contribution in [1.82, 2.24) is 10.5 Å². The highest BCUT2D eigenvalue weighted by atomic mass is 17.0. The molecule has 0 unspecified atom stereocenters. The molecule has 2 aromatic carbocycles. The Kier molecular flexibility index (Phi) is 5.42. The fourth-order valence-corrected chi connectivity index (χ4v) is 3.06. The van der Waals surface area contributed by atoms with Gasteiger partial charge in [-0.1, -0.05) is 12.2 Å². The fourth-order valence-electron chi connectivity index (χ4n) is 3.06. The third kappa shape index (κ3) is 4.14. The number of carboxylic acid groups (broad SMARTS) is 2. The minimum atomic E-state index is -1.01. The summed E-state index contributed by atoms with van der Waals surface area (Å²) in [5.74, 6) is 0.223. The molecule has 10 nitrogen and oxygen atoms in total. The van der Waals surface area contributed by atoms with Crippen LogP contribution in [0.15, 0.2) is 48.6 Å². The lowest BCUT2D eigenvalue weighted by molar-refractivity contribution is -0.263. The summed E-state index contributed by atoms with van der Waals surface area (Å²) in [4.78, 5) is 44.1. The number of carbonyl (C=O) groups is 2. The van der Waals surface area contributed by atoms with Gasteiger partial charge in [-0.15, -0.1) is 0 Å². The van der Waals surface area contributed by atoms with E-state index in [9.17, 15) is 9.59 Å². The summed E-state index contributed by atoms with van der Waals surface area (Å²) >= 11 is 0. The molecule has 0 amide bonds. The minimum Gasteiger partial charge on any atom is -0.478 e. The van der Waals surface area contributed by atoms with Crippen LogP contribution in [0.3, 0.4) is 0 Å². The molecule has 2 aromatic rings. The van der Waals surface area contributed by atoms with Gasteiger partial charge in [0.1, 0.15) is 0 Å². The first-order valence-corrected chi connectivity index (χ1v) is 9.17. The minimum absolute atomic E-state index is 0.332. The van der Waals surface area contributed by atoms with E-state index in [2.05, 4.69) is 0 Å². The summed E-state index contributed by atoms with van der Waals surface area (Å²) < 4.78 is 0. The molecule has 0 radical (unpaired) electrons. The highest BCUT2D eigenvalue weighted by molar-refractivity contribution is 6.02. The van der Waals surface area contributed by atoms with Crippen molar-refractivity contribution in [2.24, 2.45) is 0 Å². The number of aliphatic carboxylic acids is 2. The summed E-state index contributed by atoms with van der Waals surface area (Å²) in [6, 6.07) is 7.01. The number of benzene rings is 2. The Hall–Kier alpha value is -3.76. The van der Waals surface area contributed by atoms with Crippen molar-refractivity contribution >= 4 is 22.7 Å². The number of hydroxylamine groups is 4. The van der Waals surface area contributed by atoms with Gasteiger partial charge in [0.2, 0.25) is 0 Å². The van der Waals surface area contributed by atoms with Gasteiger partial charge in [-0.05, 0) is 37.1 Å². The standard InChI is InChI=1S/C20H18N2O8/c23-17(24)5-1-3-11-21-27-13-7-9-15-20-16(10-8-14(28-21)19(13)20)30-22(29-15)12-4-2-6-18(25)26/h1-2,5-10H,3-4,11-12H2,(H,23,24)(H,25,26). The van der Waals surface area contributed by atoms with Crippen LogP contribution in [-0.4, -0.2) is 45.7 Å². The van der Waals surface area contributed by atoms with Crippen LogP contribution in [0.25, 0.3) is 10.8 Å². The predicted octanol–water partition coefficient (Wildman–Crippen LogP) is 2.71. The maximum atomic E-state index is 10.5. The van der Waals surface area contributed by atoms with E-state index >= 15 is 0 Å². The molecular weight excluding hydrogens is 396 g/mol. The van der Waals surface area contributed by atoms with Crippen LogP contribution in [0, 0.1) is 0 Å². The second-order valence-corrected chi connectivity index (χ2v) is 6.41. The summed E-state index contributed by atoms with van der Waals surface area (Å²) in [5, 5.41) is 21.3. The van der Waals surface area contributed by atoms with Gasteiger partial charge in [-0.3, -0.25) is 0 Å². The molecule has 2 aliphatic rings. The Morgan fingerprint density at radius 2 is 1.03 bits per heavy atom. The second kappa shape index (κ2) is 8.31. The van der Waals surface area contributed by atoms with Gasteiger partial charge in [0.05, 0.1) is 23.9 Å². The quantitative estimate of drug-likeness (QED) is 0.624. The molecule has 2 aliphatic heterocycles. The van der Waals surface area contributed by atoms with Crippen LogP contribution >= 0.6 is 0 Å². The number of nitrogens with zero attached hydrogens (tertiary/aromatic N) is 2. The lowest BCUT2D eigenvalue weighted by Gasteiger charge is -2.32.